The third-order valence-corrected chi connectivity index (χ3v) is 5.18. The number of anilines is 1. The molecule has 1 aliphatic rings. The first-order valence-corrected chi connectivity index (χ1v) is 9.61. The smallest absolute Gasteiger partial charge is 0.289 e. The molecule has 1 aliphatic heterocycles. The number of benzene rings is 1. The number of oxazole rings is 1. The van der Waals surface area contributed by atoms with Gasteiger partial charge in [-0.1, -0.05) is 11.6 Å². The lowest BCUT2D eigenvalue weighted by molar-refractivity contribution is 0.0715. The fourth-order valence-electron chi connectivity index (χ4n) is 3.64. The van der Waals surface area contributed by atoms with E-state index in [2.05, 4.69) is 11.1 Å². The molecule has 0 atom stereocenters. The van der Waals surface area contributed by atoms with Gasteiger partial charge in [-0.15, -0.1) is 0 Å². The molecule has 1 fully saturated rings. The van der Waals surface area contributed by atoms with Crippen LogP contribution in [0.25, 0.3) is 22.6 Å². The number of aromatic nitrogens is 1. The van der Waals surface area contributed by atoms with Gasteiger partial charge in [-0.05, 0) is 37.3 Å². The first kappa shape index (κ1) is 18.1. The molecule has 0 aliphatic carbocycles. The van der Waals surface area contributed by atoms with Gasteiger partial charge in [0, 0.05) is 31.6 Å². The van der Waals surface area contributed by atoms with Gasteiger partial charge in [-0.25, -0.2) is 0 Å². The summed E-state index contributed by atoms with van der Waals surface area (Å²) in [7, 11) is 0. The monoisotopic (exact) mass is 402 g/mol. The summed E-state index contributed by atoms with van der Waals surface area (Å²) in [6.07, 6.45) is 1.52. The van der Waals surface area contributed by atoms with Crippen LogP contribution in [0.2, 0.25) is 0 Å². The van der Waals surface area contributed by atoms with E-state index in [1.54, 1.807) is 23.1 Å². The number of nitrogens with zero attached hydrogens (tertiary/aromatic N) is 4. The largest absolute Gasteiger partial charge is 0.459 e. The van der Waals surface area contributed by atoms with E-state index < -0.39 is 0 Å². The Balaban J connectivity index is 1.31. The molecule has 4 aromatic rings. The highest BCUT2D eigenvalue weighted by molar-refractivity contribution is 5.96. The molecule has 0 N–H and O–H groups in total. The highest BCUT2D eigenvalue weighted by atomic mass is 16.4. The van der Waals surface area contributed by atoms with E-state index in [0.29, 0.717) is 49.2 Å². The van der Waals surface area contributed by atoms with Crippen molar-refractivity contribution in [2.45, 2.75) is 6.92 Å². The molecule has 3 aromatic heterocycles. The topological polar surface area (TPSA) is 99.7 Å². The number of hydrogen-bond acceptors (Lipinski definition) is 7. The van der Waals surface area contributed by atoms with Gasteiger partial charge in [0.25, 0.3) is 11.8 Å². The van der Waals surface area contributed by atoms with Gasteiger partial charge in [-0.2, -0.15) is 10.2 Å². The SMILES string of the molecule is Cc1ccc2oc(C(=O)N3CCN(c4oc(-c5ccco5)nc4C#N)CC3)cc2c1. The Bertz CT molecular complexity index is 1250. The number of piperazine rings is 1. The van der Waals surface area contributed by atoms with Crippen molar-refractivity contribution in [3.05, 3.63) is 59.7 Å². The number of furan rings is 2. The maximum atomic E-state index is 12.9. The van der Waals surface area contributed by atoms with Crippen molar-refractivity contribution in [1.82, 2.24) is 9.88 Å². The maximum Gasteiger partial charge on any atom is 0.289 e. The van der Waals surface area contributed by atoms with Crippen molar-refractivity contribution in [1.29, 1.82) is 5.26 Å². The lowest BCUT2D eigenvalue weighted by atomic mass is 10.2. The minimum absolute atomic E-state index is 0.141. The molecular weight excluding hydrogens is 384 g/mol. The summed E-state index contributed by atoms with van der Waals surface area (Å²) in [4.78, 5) is 20.8. The van der Waals surface area contributed by atoms with Crippen LogP contribution in [-0.4, -0.2) is 42.0 Å². The minimum Gasteiger partial charge on any atom is -0.459 e. The van der Waals surface area contributed by atoms with Gasteiger partial charge in [0.2, 0.25) is 11.6 Å². The minimum atomic E-state index is -0.141. The first-order valence-electron chi connectivity index (χ1n) is 9.61. The van der Waals surface area contributed by atoms with Gasteiger partial charge < -0.3 is 23.1 Å². The molecule has 8 heteroatoms. The van der Waals surface area contributed by atoms with Crippen molar-refractivity contribution in [3.63, 3.8) is 0 Å². The van der Waals surface area contributed by atoms with E-state index in [1.165, 1.54) is 6.26 Å². The number of carbonyl (C=O) groups is 1. The Labute approximate surface area is 171 Å². The molecule has 8 nitrogen and oxygen atoms in total. The molecule has 30 heavy (non-hydrogen) atoms. The average molecular weight is 402 g/mol. The Morgan fingerprint density at radius 3 is 2.70 bits per heavy atom. The van der Waals surface area contributed by atoms with Crippen LogP contribution in [0.15, 0.2) is 55.9 Å². The van der Waals surface area contributed by atoms with Crippen molar-refractivity contribution >= 4 is 22.8 Å². The van der Waals surface area contributed by atoms with E-state index in [1.807, 2.05) is 30.0 Å². The molecular formula is C22H18N4O4. The van der Waals surface area contributed by atoms with Gasteiger partial charge in [0.15, 0.2) is 11.5 Å². The van der Waals surface area contributed by atoms with Gasteiger partial charge >= 0.3 is 0 Å². The second-order valence-corrected chi connectivity index (χ2v) is 7.19. The lowest BCUT2D eigenvalue weighted by Crippen LogP contribution is -2.48. The number of aryl methyl sites for hydroxylation is 1. The van der Waals surface area contributed by atoms with Crippen molar-refractivity contribution in [2.75, 3.05) is 31.1 Å². The molecule has 1 aromatic carbocycles. The van der Waals surface area contributed by atoms with Crippen LogP contribution in [0.3, 0.4) is 0 Å². The number of hydrogen-bond donors (Lipinski definition) is 0. The second kappa shape index (κ2) is 7.12. The fourth-order valence-corrected chi connectivity index (χ4v) is 3.64. The molecule has 0 bridgehead atoms. The van der Waals surface area contributed by atoms with E-state index in [4.69, 9.17) is 13.3 Å². The number of carbonyl (C=O) groups excluding carboxylic acids is 1. The van der Waals surface area contributed by atoms with Crippen molar-refractivity contribution in [2.24, 2.45) is 0 Å². The summed E-state index contributed by atoms with van der Waals surface area (Å²) < 4.78 is 16.8. The number of amides is 1. The molecule has 0 radical (unpaired) electrons. The van der Waals surface area contributed by atoms with Crippen LogP contribution in [0.5, 0.6) is 0 Å². The van der Waals surface area contributed by atoms with E-state index in [-0.39, 0.29) is 17.5 Å². The third kappa shape index (κ3) is 3.10. The Morgan fingerprint density at radius 2 is 1.97 bits per heavy atom. The summed E-state index contributed by atoms with van der Waals surface area (Å²) in [5.41, 5.74) is 2.02. The van der Waals surface area contributed by atoms with Crippen molar-refractivity contribution < 1.29 is 18.0 Å². The maximum absolute atomic E-state index is 12.9. The van der Waals surface area contributed by atoms with Crippen LogP contribution in [0, 0.1) is 18.3 Å². The van der Waals surface area contributed by atoms with Gasteiger partial charge in [0.1, 0.15) is 11.7 Å². The molecule has 0 saturated carbocycles. The predicted octanol–water partition coefficient (Wildman–Crippen LogP) is 3.82. The summed E-state index contributed by atoms with van der Waals surface area (Å²) in [5.74, 6) is 1.32. The zero-order valence-electron chi connectivity index (χ0n) is 16.3. The number of rotatable bonds is 3. The van der Waals surface area contributed by atoms with Crippen molar-refractivity contribution in [3.8, 4) is 17.7 Å². The molecule has 150 valence electrons. The van der Waals surface area contributed by atoms with E-state index in [9.17, 15) is 10.1 Å². The molecule has 0 unspecified atom stereocenters. The normalized spacial score (nSPS) is 14.3. The summed E-state index contributed by atoms with van der Waals surface area (Å²) in [5, 5.41) is 10.3. The van der Waals surface area contributed by atoms with E-state index in [0.717, 1.165) is 10.9 Å². The quantitative estimate of drug-likeness (QED) is 0.513. The Kier molecular flexibility index (Phi) is 4.29. The highest BCUT2D eigenvalue weighted by Gasteiger charge is 2.28. The average Bonchev–Trinajstić information content (AvgIpc) is 3.51. The molecule has 1 saturated heterocycles. The molecule has 1 amide bonds. The Hall–Kier alpha value is -3.99. The third-order valence-electron chi connectivity index (χ3n) is 5.18. The summed E-state index contributed by atoms with van der Waals surface area (Å²) >= 11 is 0. The van der Waals surface area contributed by atoms with Crippen LogP contribution in [0.1, 0.15) is 21.8 Å². The highest BCUT2D eigenvalue weighted by Crippen LogP contribution is 2.29. The fraction of sp³-hybridized carbons (Fsp3) is 0.227. The first-order chi connectivity index (χ1) is 14.6. The van der Waals surface area contributed by atoms with Gasteiger partial charge in [-0.3, -0.25) is 4.79 Å². The number of fused-ring (bicyclic) bond motifs is 1. The molecule has 0 spiro atoms. The zero-order valence-corrected chi connectivity index (χ0v) is 16.3. The standard InChI is InChI=1S/C22H18N4O4/c1-14-4-5-17-15(11-14)12-19(29-17)21(27)25-6-8-26(9-7-25)22-16(13-23)24-20(30-22)18-3-2-10-28-18/h2-5,10-12H,6-9H2,1H3. The zero-order chi connectivity index (χ0) is 20.7. The Morgan fingerprint density at radius 1 is 1.13 bits per heavy atom. The lowest BCUT2D eigenvalue weighted by Gasteiger charge is -2.34. The van der Waals surface area contributed by atoms with Crippen LogP contribution in [0.4, 0.5) is 5.88 Å². The summed E-state index contributed by atoms with van der Waals surface area (Å²) in [6.45, 7) is 4.01. The van der Waals surface area contributed by atoms with Gasteiger partial charge in [0.05, 0.1) is 6.26 Å². The van der Waals surface area contributed by atoms with Crippen LogP contribution >= 0.6 is 0 Å². The summed E-state index contributed by atoms with van der Waals surface area (Å²) in [6, 6.07) is 13.1. The predicted molar refractivity (Wildman–Crippen MR) is 108 cm³/mol. The van der Waals surface area contributed by atoms with E-state index >= 15 is 0 Å². The number of nitriles is 1. The molecule has 5 rings (SSSR count). The molecule has 4 heterocycles. The second-order valence-electron chi connectivity index (χ2n) is 7.19. The van der Waals surface area contributed by atoms with Crippen LogP contribution in [-0.2, 0) is 0 Å². The van der Waals surface area contributed by atoms with Crippen LogP contribution < -0.4 is 4.90 Å².